The second-order valence-electron chi connectivity index (χ2n) is 6.08. The lowest BCUT2D eigenvalue weighted by Crippen LogP contribution is -2.13. The SMILES string of the molecule is CCCCCc1cc(C)c(OCCNc2ncnc(C)c2Cl)c(Cl)c1. The van der Waals surface area contributed by atoms with E-state index < -0.39 is 0 Å². The molecule has 25 heavy (non-hydrogen) atoms. The first-order valence-corrected chi connectivity index (χ1v) is 9.41. The van der Waals surface area contributed by atoms with Crippen LogP contribution in [0.15, 0.2) is 18.5 Å². The van der Waals surface area contributed by atoms with Crippen LogP contribution >= 0.6 is 23.2 Å². The summed E-state index contributed by atoms with van der Waals surface area (Å²) in [5, 5.41) is 4.36. The molecule has 0 aliphatic carbocycles. The van der Waals surface area contributed by atoms with Gasteiger partial charge in [0.15, 0.2) is 0 Å². The monoisotopic (exact) mass is 381 g/mol. The third-order valence-corrected chi connectivity index (χ3v) is 4.70. The van der Waals surface area contributed by atoms with Crippen molar-refractivity contribution in [3.05, 3.63) is 45.3 Å². The molecule has 0 saturated heterocycles. The van der Waals surface area contributed by atoms with E-state index in [9.17, 15) is 0 Å². The highest BCUT2D eigenvalue weighted by Gasteiger charge is 2.09. The molecule has 136 valence electrons. The zero-order chi connectivity index (χ0) is 18.2. The molecule has 1 aromatic heterocycles. The highest BCUT2D eigenvalue weighted by Crippen LogP contribution is 2.30. The Balaban J connectivity index is 1.89. The topological polar surface area (TPSA) is 47.0 Å². The van der Waals surface area contributed by atoms with Crippen LogP contribution in [0.1, 0.15) is 43.0 Å². The van der Waals surface area contributed by atoms with E-state index in [-0.39, 0.29) is 0 Å². The van der Waals surface area contributed by atoms with E-state index >= 15 is 0 Å². The van der Waals surface area contributed by atoms with Crippen LogP contribution in [0.25, 0.3) is 0 Å². The molecule has 0 amide bonds. The summed E-state index contributed by atoms with van der Waals surface area (Å²) in [6.45, 7) is 7.12. The number of halogens is 2. The smallest absolute Gasteiger partial charge is 0.148 e. The summed E-state index contributed by atoms with van der Waals surface area (Å²) >= 11 is 12.6. The van der Waals surface area contributed by atoms with E-state index in [1.165, 1.54) is 31.2 Å². The molecule has 0 atom stereocenters. The molecule has 0 aliphatic rings. The number of aryl methyl sites for hydroxylation is 3. The van der Waals surface area contributed by atoms with Crippen molar-refractivity contribution in [1.82, 2.24) is 9.97 Å². The van der Waals surface area contributed by atoms with Gasteiger partial charge in [-0.2, -0.15) is 0 Å². The van der Waals surface area contributed by atoms with Crippen LogP contribution in [0.5, 0.6) is 5.75 Å². The quantitative estimate of drug-likeness (QED) is 0.572. The third-order valence-electron chi connectivity index (χ3n) is 3.96. The van der Waals surface area contributed by atoms with Gasteiger partial charge in [-0.15, -0.1) is 0 Å². The summed E-state index contributed by atoms with van der Waals surface area (Å²) in [5.41, 5.74) is 3.08. The maximum atomic E-state index is 6.40. The first-order chi connectivity index (χ1) is 12.0. The van der Waals surface area contributed by atoms with E-state index in [4.69, 9.17) is 27.9 Å². The van der Waals surface area contributed by atoms with Gasteiger partial charge < -0.3 is 10.1 Å². The number of anilines is 1. The molecule has 1 aromatic carbocycles. The minimum Gasteiger partial charge on any atom is -0.490 e. The van der Waals surface area contributed by atoms with Gasteiger partial charge in [0.05, 0.1) is 17.3 Å². The predicted octanol–water partition coefficient (Wildman–Crippen LogP) is 5.62. The molecular formula is C19H25Cl2N3O. The first kappa shape index (κ1) is 19.8. The average molecular weight is 382 g/mol. The maximum absolute atomic E-state index is 6.40. The van der Waals surface area contributed by atoms with Crippen LogP contribution in [-0.2, 0) is 6.42 Å². The minimum absolute atomic E-state index is 0.467. The Kier molecular flexibility index (Phi) is 7.79. The van der Waals surface area contributed by atoms with Gasteiger partial charge in [0.25, 0.3) is 0 Å². The highest BCUT2D eigenvalue weighted by atomic mass is 35.5. The van der Waals surface area contributed by atoms with Gasteiger partial charge >= 0.3 is 0 Å². The van der Waals surface area contributed by atoms with E-state index in [0.29, 0.717) is 29.0 Å². The lowest BCUT2D eigenvalue weighted by atomic mass is 10.0. The molecule has 1 heterocycles. The van der Waals surface area contributed by atoms with Crippen molar-refractivity contribution in [1.29, 1.82) is 0 Å². The van der Waals surface area contributed by atoms with Crippen LogP contribution in [0.4, 0.5) is 5.82 Å². The first-order valence-electron chi connectivity index (χ1n) is 8.65. The van der Waals surface area contributed by atoms with Crippen molar-refractivity contribution in [2.75, 3.05) is 18.5 Å². The van der Waals surface area contributed by atoms with Gasteiger partial charge in [0.2, 0.25) is 0 Å². The fraction of sp³-hybridized carbons (Fsp3) is 0.474. The molecule has 2 aromatic rings. The van der Waals surface area contributed by atoms with E-state index in [1.807, 2.05) is 19.9 Å². The number of nitrogens with one attached hydrogen (secondary N) is 1. The van der Waals surface area contributed by atoms with Gasteiger partial charge in [-0.05, 0) is 43.9 Å². The third kappa shape index (κ3) is 5.75. The number of nitrogens with zero attached hydrogens (tertiary/aromatic N) is 2. The lowest BCUT2D eigenvalue weighted by molar-refractivity contribution is 0.330. The number of benzene rings is 1. The fourth-order valence-electron chi connectivity index (χ4n) is 2.61. The standard InChI is InChI=1S/C19H25Cl2N3O/c1-4-5-6-7-15-10-13(2)18(16(20)11-15)25-9-8-22-19-17(21)14(3)23-12-24-19/h10-12H,4-9H2,1-3H3,(H,22,23,24). The molecular weight excluding hydrogens is 357 g/mol. The molecule has 0 spiro atoms. The number of rotatable bonds is 9. The molecule has 2 rings (SSSR count). The molecule has 0 aliphatic heterocycles. The normalized spacial score (nSPS) is 10.8. The maximum Gasteiger partial charge on any atom is 0.148 e. The van der Waals surface area contributed by atoms with Gasteiger partial charge in [-0.25, -0.2) is 9.97 Å². The van der Waals surface area contributed by atoms with Crippen LogP contribution in [0, 0.1) is 13.8 Å². The Hall–Kier alpha value is -1.52. The number of hydrogen-bond donors (Lipinski definition) is 1. The summed E-state index contributed by atoms with van der Waals surface area (Å²) in [6, 6.07) is 4.17. The molecule has 4 nitrogen and oxygen atoms in total. The lowest BCUT2D eigenvalue weighted by Gasteiger charge is -2.14. The van der Waals surface area contributed by atoms with Crippen LogP contribution in [0.2, 0.25) is 10.0 Å². The summed E-state index contributed by atoms with van der Waals surface area (Å²) < 4.78 is 5.86. The van der Waals surface area contributed by atoms with E-state index in [0.717, 1.165) is 23.4 Å². The molecule has 1 N–H and O–H groups in total. The van der Waals surface area contributed by atoms with E-state index in [1.54, 1.807) is 0 Å². The van der Waals surface area contributed by atoms with Crippen molar-refractivity contribution in [2.24, 2.45) is 0 Å². The summed E-state index contributed by atoms with van der Waals surface area (Å²) in [4.78, 5) is 8.17. The summed E-state index contributed by atoms with van der Waals surface area (Å²) in [6.07, 6.45) is 6.20. The molecule has 6 heteroatoms. The second kappa shape index (κ2) is 9.83. The molecule has 0 saturated carbocycles. The van der Waals surface area contributed by atoms with Crippen LogP contribution < -0.4 is 10.1 Å². The number of ether oxygens (including phenoxy) is 1. The molecule has 0 unspecified atom stereocenters. The number of hydrogen-bond acceptors (Lipinski definition) is 4. The van der Waals surface area contributed by atoms with Crippen molar-refractivity contribution in [3.63, 3.8) is 0 Å². The number of unbranched alkanes of at least 4 members (excludes halogenated alkanes) is 2. The van der Waals surface area contributed by atoms with E-state index in [2.05, 4.69) is 28.3 Å². The van der Waals surface area contributed by atoms with Crippen molar-refractivity contribution in [3.8, 4) is 5.75 Å². The molecule has 0 bridgehead atoms. The van der Waals surface area contributed by atoms with Crippen LogP contribution in [-0.4, -0.2) is 23.1 Å². The number of aromatic nitrogens is 2. The minimum atomic E-state index is 0.467. The zero-order valence-corrected chi connectivity index (χ0v) is 16.5. The molecule has 0 fully saturated rings. The Morgan fingerprint density at radius 2 is 1.92 bits per heavy atom. The van der Waals surface area contributed by atoms with Gasteiger partial charge in [0.1, 0.15) is 29.5 Å². The summed E-state index contributed by atoms with van der Waals surface area (Å²) in [5.74, 6) is 1.36. The zero-order valence-electron chi connectivity index (χ0n) is 15.0. The average Bonchev–Trinajstić information content (AvgIpc) is 2.57. The van der Waals surface area contributed by atoms with Gasteiger partial charge in [-0.3, -0.25) is 0 Å². The van der Waals surface area contributed by atoms with Gasteiger partial charge in [0, 0.05) is 0 Å². The Bertz CT molecular complexity index is 684. The molecule has 0 radical (unpaired) electrons. The second-order valence-corrected chi connectivity index (χ2v) is 6.86. The largest absolute Gasteiger partial charge is 0.490 e. The highest BCUT2D eigenvalue weighted by molar-refractivity contribution is 6.33. The Morgan fingerprint density at radius 3 is 2.64 bits per heavy atom. The van der Waals surface area contributed by atoms with Crippen molar-refractivity contribution in [2.45, 2.75) is 46.5 Å². The Morgan fingerprint density at radius 1 is 1.12 bits per heavy atom. The summed E-state index contributed by atoms with van der Waals surface area (Å²) in [7, 11) is 0. The van der Waals surface area contributed by atoms with Crippen LogP contribution in [0.3, 0.4) is 0 Å². The Labute approximate surface area is 159 Å². The van der Waals surface area contributed by atoms with Crippen molar-refractivity contribution < 1.29 is 4.74 Å². The predicted molar refractivity (Wildman–Crippen MR) is 105 cm³/mol. The van der Waals surface area contributed by atoms with Crippen molar-refractivity contribution >= 4 is 29.0 Å². The van der Waals surface area contributed by atoms with Gasteiger partial charge in [-0.1, -0.05) is 49.0 Å². The fourth-order valence-corrected chi connectivity index (χ4v) is 3.12.